The first-order chi connectivity index (χ1) is 16.9. The van der Waals surface area contributed by atoms with Crippen LogP contribution in [0, 0.1) is 13.8 Å². The van der Waals surface area contributed by atoms with E-state index in [1.807, 2.05) is 79.4 Å². The van der Waals surface area contributed by atoms with Gasteiger partial charge in [0.15, 0.2) is 0 Å². The number of H-pyrrole nitrogens is 1. The van der Waals surface area contributed by atoms with Gasteiger partial charge in [0.2, 0.25) is 0 Å². The van der Waals surface area contributed by atoms with Gasteiger partial charge in [-0.15, -0.1) is 0 Å². The lowest BCUT2D eigenvalue weighted by Crippen LogP contribution is -2.31. The van der Waals surface area contributed by atoms with Gasteiger partial charge in [-0.2, -0.15) is 5.10 Å². The minimum Gasteiger partial charge on any atom is -0.507 e. The van der Waals surface area contributed by atoms with Gasteiger partial charge in [-0.05, 0) is 72.9 Å². The van der Waals surface area contributed by atoms with Gasteiger partial charge >= 0.3 is 0 Å². The van der Waals surface area contributed by atoms with Crippen molar-refractivity contribution in [2.45, 2.75) is 26.3 Å². The maximum absolute atomic E-state index is 13.6. The topological polar surface area (TPSA) is 78.5 Å². The number of methoxy groups -OCH3 is 1. The molecule has 35 heavy (non-hydrogen) atoms. The molecule has 0 saturated heterocycles. The number of hydrogen-bond donors (Lipinski definition) is 2. The molecule has 2 heterocycles. The lowest BCUT2D eigenvalue weighted by atomic mass is 9.94. The van der Waals surface area contributed by atoms with Gasteiger partial charge in [0.25, 0.3) is 5.91 Å². The number of nitrogens with one attached hydrogen (secondary N) is 1. The number of rotatable bonds is 6. The van der Waals surface area contributed by atoms with E-state index in [1.54, 1.807) is 7.11 Å². The largest absolute Gasteiger partial charge is 0.507 e. The summed E-state index contributed by atoms with van der Waals surface area (Å²) in [5.74, 6) is 0.851. The van der Waals surface area contributed by atoms with Crippen molar-refractivity contribution >= 4 is 17.5 Å². The van der Waals surface area contributed by atoms with Crippen molar-refractivity contribution in [2.75, 3.05) is 13.7 Å². The molecule has 0 saturated carbocycles. The van der Waals surface area contributed by atoms with Gasteiger partial charge in [-0.1, -0.05) is 41.9 Å². The minimum absolute atomic E-state index is 0.115. The zero-order chi connectivity index (χ0) is 24.7. The SMILES string of the molecule is COc1ccc(CCN2C(=O)c3[nH]nc(-c4cc(C)cc(C)c4O)c3[C@@H]2c2ccc(Cl)cc2)cc1. The Morgan fingerprint density at radius 2 is 1.80 bits per heavy atom. The summed E-state index contributed by atoms with van der Waals surface area (Å²) in [5.41, 5.74) is 6.24. The van der Waals surface area contributed by atoms with Crippen LogP contribution in [0.2, 0.25) is 5.02 Å². The Balaban J connectivity index is 1.57. The molecule has 2 N–H and O–H groups in total. The van der Waals surface area contributed by atoms with Crippen molar-refractivity contribution < 1.29 is 14.6 Å². The van der Waals surface area contributed by atoms with Gasteiger partial charge in [0.1, 0.15) is 22.9 Å². The van der Waals surface area contributed by atoms with Crippen molar-refractivity contribution in [3.63, 3.8) is 0 Å². The van der Waals surface area contributed by atoms with E-state index in [-0.39, 0.29) is 17.7 Å². The minimum atomic E-state index is -0.359. The molecule has 7 heteroatoms. The molecular weight excluding hydrogens is 462 g/mol. The number of phenols is 1. The van der Waals surface area contributed by atoms with E-state index in [0.717, 1.165) is 33.6 Å². The van der Waals surface area contributed by atoms with Gasteiger partial charge in [0, 0.05) is 22.7 Å². The molecule has 0 spiro atoms. The van der Waals surface area contributed by atoms with E-state index in [4.69, 9.17) is 16.3 Å². The predicted octanol–water partition coefficient (Wildman–Crippen LogP) is 5.85. The summed E-state index contributed by atoms with van der Waals surface area (Å²) >= 11 is 6.17. The molecule has 1 aliphatic rings. The lowest BCUT2D eigenvalue weighted by Gasteiger charge is -2.26. The first-order valence-electron chi connectivity index (χ1n) is 11.5. The van der Waals surface area contributed by atoms with Crippen LogP contribution in [0.3, 0.4) is 0 Å². The molecule has 1 amide bonds. The molecule has 6 nitrogen and oxygen atoms in total. The highest BCUT2D eigenvalue weighted by Crippen LogP contribution is 2.45. The Morgan fingerprint density at radius 1 is 1.09 bits per heavy atom. The normalized spacial score (nSPS) is 14.9. The number of aryl methyl sites for hydroxylation is 2. The van der Waals surface area contributed by atoms with Crippen LogP contribution in [0.5, 0.6) is 11.5 Å². The number of benzene rings is 3. The Bertz CT molecular complexity index is 1390. The van der Waals surface area contributed by atoms with Crippen LogP contribution in [-0.4, -0.2) is 39.8 Å². The maximum atomic E-state index is 13.6. The second-order valence-electron chi connectivity index (χ2n) is 8.89. The van der Waals surface area contributed by atoms with Crippen LogP contribution in [0.4, 0.5) is 0 Å². The summed E-state index contributed by atoms with van der Waals surface area (Å²) in [5, 5.41) is 18.9. The molecule has 5 rings (SSSR count). The zero-order valence-corrected chi connectivity index (χ0v) is 20.6. The zero-order valence-electron chi connectivity index (χ0n) is 19.8. The van der Waals surface area contributed by atoms with E-state index in [1.165, 1.54) is 0 Å². The number of ether oxygens (including phenoxy) is 1. The maximum Gasteiger partial charge on any atom is 0.273 e. The van der Waals surface area contributed by atoms with Gasteiger partial charge < -0.3 is 14.7 Å². The van der Waals surface area contributed by atoms with Crippen molar-refractivity contribution in [1.29, 1.82) is 0 Å². The molecule has 4 aromatic rings. The van der Waals surface area contributed by atoms with Crippen molar-refractivity contribution in [1.82, 2.24) is 15.1 Å². The van der Waals surface area contributed by atoms with Crippen LogP contribution in [0.1, 0.15) is 44.3 Å². The molecule has 0 bridgehead atoms. The van der Waals surface area contributed by atoms with Crippen molar-refractivity contribution in [3.8, 4) is 22.8 Å². The van der Waals surface area contributed by atoms with Crippen molar-refractivity contribution in [3.05, 3.63) is 99.2 Å². The smallest absolute Gasteiger partial charge is 0.273 e. The summed E-state index contributed by atoms with van der Waals surface area (Å²) in [4.78, 5) is 15.4. The fraction of sp³-hybridized carbons (Fsp3) is 0.214. The van der Waals surface area contributed by atoms with Crippen LogP contribution in [0.25, 0.3) is 11.3 Å². The number of carbonyl (C=O) groups excluding carboxylic acids is 1. The summed E-state index contributed by atoms with van der Waals surface area (Å²) < 4.78 is 5.26. The Hall–Kier alpha value is -3.77. The van der Waals surface area contributed by atoms with Crippen LogP contribution in [-0.2, 0) is 6.42 Å². The number of halogens is 1. The molecular formula is C28H26ClN3O3. The number of aromatic nitrogens is 2. The average Bonchev–Trinajstić information content (AvgIpc) is 3.40. The van der Waals surface area contributed by atoms with E-state index in [2.05, 4.69) is 10.2 Å². The second-order valence-corrected chi connectivity index (χ2v) is 9.33. The first-order valence-corrected chi connectivity index (χ1v) is 11.8. The molecule has 3 aromatic carbocycles. The van der Waals surface area contributed by atoms with Crippen LogP contribution >= 0.6 is 11.6 Å². The number of fused-ring (bicyclic) bond motifs is 1. The molecule has 0 radical (unpaired) electrons. The highest BCUT2D eigenvalue weighted by atomic mass is 35.5. The third kappa shape index (κ3) is 4.15. The number of phenolic OH excluding ortho intramolecular Hbond substituents is 1. The molecule has 1 aliphatic heterocycles. The fourth-order valence-electron chi connectivity index (χ4n) is 4.81. The average molecular weight is 488 g/mol. The molecule has 178 valence electrons. The number of carbonyl (C=O) groups is 1. The number of aromatic hydroxyl groups is 1. The third-order valence-corrected chi connectivity index (χ3v) is 6.80. The Labute approximate surface area is 209 Å². The molecule has 1 atom stereocenters. The van der Waals surface area contributed by atoms with Gasteiger partial charge in [0.05, 0.1) is 13.2 Å². The summed E-state index contributed by atoms with van der Waals surface area (Å²) in [7, 11) is 1.64. The van der Waals surface area contributed by atoms with Crippen LogP contribution < -0.4 is 4.74 Å². The standard InChI is InChI=1S/C28H26ClN3O3/c1-16-14-17(2)27(33)22(15-16)24-23-25(31-30-24)28(34)32(26(23)19-6-8-20(29)9-7-19)13-12-18-4-10-21(35-3)11-5-18/h4-11,14-15,26,33H,12-13H2,1-3H3,(H,30,31)/t26-/m0/s1. The molecule has 0 aliphatic carbocycles. The second kappa shape index (κ2) is 9.12. The van der Waals surface area contributed by atoms with E-state index in [0.29, 0.717) is 34.9 Å². The van der Waals surface area contributed by atoms with Crippen LogP contribution in [0.15, 0.2) is 60.7 Å². The summed E-state index contributed by atoms with van der Waals surface area (Å²) in [6, 6.07) is 18.9. The molecule has 0 unspecified atom stereocenters. The van der Waals surface area contributed by atoms with E-state index >= 15 is 0 Å². The van der Waals surface area contributed by atoms with Gasteiger partial charge in [-0.3, -0.25) is 9.89 Å². The Kier molecular flexibility index (Phi) is 5.99. The monoisotopic (exact) mass is 487 g/mol. The van der Waals surface area contributed by atoms with Gasteiger partial charge in [-0.25, -0.2) is 0 Å². The summed E-state index contributed by atoms with van der Waals surface area (Å²) in [6.07, 6.45) is 0.682. The van der Waals surface area contributed by atoms with E-state index in [9.17, 15) is 9.90 Å². The number of hydrogen-bond acceptors (Lipinski definition) is 4. The molecule has 0 fully saturated rings. The number of nitrogens with zero attached hydrogens (tertiary/aromatic N) is 2. The Morgan fingerprint density at radius 3 is 2.49 bits per heavy atom. The third-order valence-electron chi connectivity index (χ3n) is 6.55. The molecule has 1 aromatic heterocycles. The van der Waals surface area contributed by atoms with Crippen molar-refractivity contribution in [2.24, 2.45) is 0 Å². The van der Waals surface area contributed by atoms with E-state index < -0.39 is 0 Å². The number of aromatic amines is 1. The lowest BCUT2D eigenvalue weighted by molar-refractivity contribution is 0.0746. The fourth-order valence-corrected chi connectivity index (χ4v) is 4.93. The highest BCUT2D eigenvalue weighted by molar-refractivity contribution is 6.30. The predicted molar refractivity (Wildman–Crippen MR) is 136 cm³/mol. The first kappa shape index (κ1) is 23.0. The number of amides is 1. The summed E-state index contributed by atoms with van der Waals surface area (Å²) in [6.45, 7) is 4.35. The quantitative estimate of drug-likeness (QED) is 0.357. The highest BCUT2D eigenvalue weighted by Gasteiger charge is 2.42.